The van der Waals surface area contributed by atoms with Gasteiger partial charge in [0.25, 0.3) is 0 Å². The van der Waals surface area contributed by atoms with E-state index in [0.717, 1.165) is 18.5 Å². The van der Waals surface area contributed by atoms with Crippen molar-refractivity contribution in [2.24, 2.45) is 5.92 Å². The Labute approximate surface area is 82.0 Å². The van der Waals surface area contributed by atoms with Gasteiger partial charge in [0.1, 0.15) is 0 Å². The van der Waals surface area contributed by atoms with Crippen LogP contribution in [-0.2, 0) is 6.42 Å². The SMILES string of the molecule is CC(O)(Cc1csnn1)C1CCC1. The molecular formula is C9H14N2OS. The first kappa shape index (κ1) is 9.09. The molecule has 0 aromatic carbocycles. The number of hydrogen-bond acceptors (Lipinski definition) is 4. The minimum atomic E-state index is -0.575. The van der Waals surface area contributed by atoms with Crippen molar-refractivity contribution < 1.29 is 5.11 Å². The predicted molar refractivity (Wildman–Crippen MR) is 51.6 cm³/mol. The Morgan fingerprint density at radius 1 is 1.69 bits per heavy atom. The van der Waals surface area contributed by atoms with Crippen LogP contribution in [-0.4, -0.2) is 20.3 Å². The van der Waals surface area contributed by atoms with E-state index in [0.29, 0.717) is 12.3 Å². The fourth-order valence-corrected chi connectivity index (χ4v) is 2.25. The molecule has 1 aliphatic carbocycles. The molecule has 0 aliphatic heterocycles. The Morgan fingerprint density at radius 2 is 2.46 bits per heavy atom. The van der Waals surface area contributed by atoms with Crippen LogP contribution in [0.2, 0.25) is 0 Å². The van der Waals surface area contributed by atoms with Crippen molar-refractivity contribution in [2.75, 3.05) is 0 Å². The van der Waals surface area contributed by atoms with Gasteiger partial charge in [0, 0.05) is 11.8 Å². The Morgan fingerprint density at radius 3 is 2.92 bits per heavy atom. The quantitative estimate of drug-likeness (QED) is 0.803. The van der Waals surface area contributed by atoms with E-state index in [1.165, 1.54) is 18.0 Å². The number of nitrogens with zero attached hydrogens (tertiary/aromatic N) is 2. The minimum Gasteiger partial charge on any atom is -0.389 e. The van der Waals surface area contributed by atoms with Crippen LogP contribution in [0.25, 0.3) is 0 Å². The third-order valence-electron chi connectivity index (χ3n) is 2.93. The van der Waals surface area contributed by atoms with Crippen LogP contribution in [0.15, 0.2) is 5.38 Å². The fourth-order valence-electron chi connectivity index (χ4n) is 1.80. The lowest BCUT2D eigenvalue weighted by Gasteiger charge is -2.38. The summed E-state index contributed by atoms with van der Waals surface area (Å²) in [6.07, 6.45) is 4.22. The van der Waals surface area contributed by atoms with Gasteiger partial charge in [0.05, 0.1) is 11.3 Å². The third-order valence-corrected chi connectivity index (χ3v) is 3.48. The maximum atomic E-state index is 10.1. The van der Waals surface area contributed by atoms with Gasteiger partial charge in [-0.25, -0.2) is 0 Å². The Balaban J connectivity index is 1.99. The van der Waals surface area contributed by atoms with E-state index in [-0.39, 0.29) is 0 Å². The van der Waals surface area contributed by atoms with Crippen LogP contribution in [0, 0.1) is 5.92 Å². The van der Waals surface area contributed by atoms with Gasteiger partial charge >= 0.3 is 0 Å². The number of aliphatic hydroxyl groups is 1. The molecule has 1 atom stereocenters. The van der Waals surface area contributed by atoms with Crippen LogP contribution >= 0.6 is 11.5 Å². The van der Waals surface area contributed by atoms with Gasteiger partial charge in [0.15, 0.2) is 0 Å². The summed E-state index contributed by atoms with van der Waals surface area (Å²) >= 11 is 1.35. The first-order valence-electron chi connectivity index (χ1n) is 4.67. The molecule has 0 radical (unpaired) electrons. The Hall–Kier alpha value is -0.480. The number of rotatable bonds is 3. The highest BCUT2D eigenvalue weighted by Crippen LogP contribution is 2.37. The Kier molecular flexibility index (Phi) is 2.34. The lowest BCUT2D eigenvalue weighted by Crippen LogP contribution is -2.40. The van der Waals surface area contributed by atoms with E-state index in [1.54, 1.807) is 0 Å². The van der Waals surface area contributed by atoms with Crippen molar-refractivity contribution in [1.82, 2.24) is 9.59 Å². The molecule has 0 spiro atoms. The lowest BCUT2D eigenvalue weighted by molar-refractivity contribution is -0.0346. The monoisotopic (exact) mass is 198 g/mol. The van der Waals surface area contributed by atoms with Crippen LogP contribution in [0.3, 0.4) is 0 Å². The number of aromatic nitrogens is 2. The van der Waals surface area contributed by atoms with Gasteiger partial charge in [-0.05, 0) is 37.2 Å². The van der Waals surface area contributed by atoms with Crippen LogP contribution in [0.1, 0.15) is 31.9 Å². The predicted octanol–water partition coefficient (Wildman–Crippen LogP) is 1.63. The van der Waals surface area contributed by atoms with E-state index < -0.39 is 5.60 Å². The van der Waals surface area contributed by atoms with Crippen molar-refractivity contribution in [3.8, 4) is 0 Å². The first-order valence-corrected chi connectivity index (χ1v) is 5.50. The summed E-state index contributed by atoms with van der Waals surface area (Å²) in [6, 6.07) is 0. The second kappa shape index (κ2) is 3.35. The molecule has 1 fully saturated rings. The molecule has 0 saturated heterocycles. The molecular weight excluding hydrogens is 184 g/mol. The summed E-state index contributed by atoms with van der Waals surface area (Å²) in [4.78, 5) is 0. The zero-order chi connectivity index (χ0) is 9.31. The van der Waals surface area contributed by atoms with Crippen molar-refractivity contribution in [3.05, 3.63) is 11.1 Å². The smallest absolute Gasteiger partial charge is 0.0784 e. The van der Waals surface area contributed by atoms with Crippen LogP contribution in [0.4, 0.5) is 0 Å². The molecule has 1 unspecified atom stereocenters. The highest BCUT2D eigenvalue weighted by molar-refractivity contribution is 7.03. The molecule has 1 N–H and O–H groups in total. The van der Waals surface area contributed by atoms with E-state index >= 15 is 0 Å². The average Bonchev–Trinajstić information content (AvgIpc) is 2.32. The van der Waals surface area contributed by atoms with E-state index in [2.05, 4.69) is 9.59 Å². The summed E-state index contributed by atoms with van der Waals surface area (Å²) in [6.45, 7) is 1.91. The van der Waals surface area contributed by atoms with Crippen molar-refractivity contribution >= 4 is 11.5 Å². The molecule has 1 aliphatic rings. The zero-order valence-corrected chi connectivity index (χ0v) is 8.55. The van der Waals surface area contributed by atoms with Crippen molar-refractivity contribution in [2.45, 2.75) is 38.2 Å². The lowest BCUT2D eigenvalue weighted by atomic mass is 9.72. The summed E-state index contributed by atoms with van der Waals surface area (Å²) in [5.74, 6) is 0.467. The normalized spacial score (nSPS) is 22.3. The minimum absolute atomic E-state index is 0.467. The second-order valence-corrected chi connectivity index (χ2v) is 4.67. The zero-order valence-electron chi connectivity index (χ0n) is 7.73. The second-order valence-electron chi connectivity index (χ2n) is 4.06. The molecule has 1 saturated carbocycles. The van der Waals surface area contributed by atoms with Gasteiger partial charge in [-0.3, -0.25) is 0 Å². The van der Waals surface area contributed by atoms with E-state index in [1.807, 2.05) is 12.3 Å². The molecule has 2 rings (SSSR count). The van der Waals surface area contributed by atoms with E-state index in [9.17, 15) is 5.11 Å². The largest absolute Gasteiger partial charge is 0.389 e. The van der Waals surface area contributed by atoms with Gasteiger partial charge in [-0.15, -0.1) is 5.10 Å². The van der Waals surface area contributed by atoms with Gasteiger partial charge in [-0.1, -0.05) is 10.9 Å². The molecule has 13 heavy (non-hydrogen) atoms. The molecule has 72 valence electrons. The van der Waals surface area contributed by atoms with Gasteiger partial charge in [-0.2, -0.15) is 0 Å². The average molecular weight is 198 g/mol. The van der Waals surface area contributed by atoms with Crippen LogP contribution < -0.4 is 0 Å². The van der Waals surface area contributed by atoms with Crippen molar-refractivity contribution in [1.29, 1.82) is 0 Å². The molecule has 4 heteroatoms. The summed E-state index contributed by atoms with van der Waals surface area (Å²) in [5.41, 5.74) is 0.343. The molecule has 1 aromatic heterocycles. The summed E-state index contributed by atoms with van der Waals surface area (Å²) < 4.78 is 3.79. The van der Waals surface area contributed by atoms with Crippen LogP contribution in [0.5, 0.6) is 0 Å². The third kappa shape index (κ3) is 1.89. The molecule has 0 amide bonds. The maximum Gasteiger partial charge on any atom is 0.0784 e. The topological polar surface area (TPSA) is 46.0 Å². The summed E-state index contributed by atoms with van der Waals surface area (Å²) in [5, 5.41) is 16.0. The van der Waals surface area contributed by atoms with E-state index in [4.69, 9.17) is 0 Å². The first-order chi connectivity index (χ1) is 6.18. The molecule has 1 heterocycles. The standard InChI is InChI=1S/C9H14N2OS/c1-9(12,7-3-2-4-7)5-8-6-13-11-10-8/h6-7,12H,2-5H2,1H3. The number of hydrogen-bond donors (Lipinski definition) is 1. The van der Waals surface area contributed by atoms with Gasteiger partial charge < -0.3 is 5.11 Å². The highest BCUT2D eigenvalue weighted by atomic mass is 32.1. The molecule has 3 nitrogen and oxygen atoms in total. The molecule has 0 bridgehead atoms. The maximum absolute atomic E-state index is 10.1. The summed E-state index contributed by atoms with van der Waals surface area (Å²) in [7, 11) is 0. The Bertz CT molecular complexity index is 267. The molecule has 1 aromatic rings. The van der Waals surface area contributed by atoms with Gasteiger partial charge in [0.2, 0.25) is 0 Å². The highest BCUT2D eigenvalue weighted by Gasteiger charge is 2.36. The fraction of sp³-hybridized carbons (Fsp3) is 0.778. The van der Waals surface area contributed by atoms with Crippen molar-refractivity contribution in [3.63, 3.8) is 0 Å².